The van der Waals surface area contributed by atoms with Gasteiger partial charge in [0.2, 0.25) is 5.75 Å². The zero-order valence-corrected chi connectivity index (χ0v) is 19.3. The third kappa shape index (κ3) is 7.84. The number of hydrogen-bond acceptors (Lipinski definition) is 7. The molecule has 0 aromatic heterocycles. The molecule has 0 fully saturated rings. The van der Waals surface area contributed by atoms with Gasteiger partial charge in [-0.05, 0) is 71.9 Å². The molecule has 0 radical (unpaired) electrons. The van der Waals surface area contributed by atoms with Crippen LogP contribution < -0.4 is 9.46 Å². The van der Waals surface area contributed by atoms with Crippen molar-refractivity contribution in [3.05, 3.63) is 63.5 Å². The number of benzene rings is 2. The molecule has 168 valence electrons. The first-order valence-electron chi connectivity index (χ1n) is 9.64. The maximum Gasteiger partial charge on any atom is 0.338 e. The third-order valence-corrected chi connectivity index (χ3v) is 4.57. The maximum atomic E-state index is 13.8. The van der Waals surface area contributed by atoms with Crippen LogP contribution in [0.5, 0.6) is 11.5 Å². The first-order valence-corrected chi connectivity index (χ1v) is 10.5. The zero-order chi connectivity index (χ0) is 23.4. The maximum absolute atomic E-state index is 13.8. The molecular formula is C22H27FN2O5S. The lowest BCUT2D eigenvalue weighted by Gasteiger charge is -2.20. The zero-order valence-electron chi connectivity index (χ0n) is 18.4. The summed E-state index contributed by atoms with van der Waals surface area (Å²) < 4.78 is 27.9. The predicted molar refractivity (Wildman–Crippen MR) is 119 cm³/mol. The Balaban J connectivity index is 2.31. The van der Waals surface area contributed by atoms with Crippen LogP contribution in [0.25, 0.3) is 0 Å². The van der Waals surface area contributed by atoms with Crippen LogP contribution in [0.3, 0.4) is 0 Å². The van der Waals surface area contributed by atoms with E-state index in [1.807, 2.05) is 20.8 Å². The molecule has 0 aliphatic heterocycles. The van der Waals surface area contributed by atoms with Crippen molar-refractivity contribution < 1.29 is 23.6 Å². The van der Waals surface area contributed by atoms with Crippen molar-refractivity contribution in [1.82, 2.24) is 4.72 Å². The standard InChI is InChI=1S/C22H27FN2O5S/c1-21(2,3)30-20(26)14-7-9-19(17(12-14)25(27)28)29-18-10-8-16(23)11-15(18)13-24-31-22(4,5)6/h7-12,24H,13H2,1-6H3. The molecule has 2 rings (SSSR count). The normalized spacial score (nSPS) is 11.8. The Morgan fingerprint density at radius 2 is 1.74 bits per heavy atom. The fourth-order valence-corrected chi connectivity index (χ4v) is 3.11. The lowest BCUT2D eigenvalue weighted by atomic mass is 10.1. The molecule has 0 spiro atoms. The van der Waals surface area contributed by atoms with Gasteiger partial charge < -0.3 is 9.47 Å². The summed E-state index contributed by atoms with van der Waals surface area (Å²) in [5, 5.41) is 11.6. The van der Waals surface area contributed by atoms with E-state index in [4.69, 9.17) is 9.47 Å². The minimum Gasteiger partial charge on any atom is -0.456 e. The summed E-state index contributed by atoms with van der Waals surface area (Å²) in [4.78, 5) is 23.2. The van der Waals surface area contributed by atoms with Gasteiger partial charge in [0, 0.05) is 22.9 Å². The topological polar surface area (TPSA) is 90.7 Å². The van der Waals surface area contributed by atoms with Crippen molar-refractivity contribution in [2.24, 2.45) is 0 Å². The van der Waals surface area contributed by atoms with Crippen molar-refractivity contribution in [1.29, 1.82) is 0 Å². The molecule has 0 saturated carbocycles. The van der Waals surface area contributed by atoms with E-state index >= 15 is 0 Å². The summed E-state index contributed by atoms with van der Waals surface area (Å²) in [5.41, 5.74) is -0.586. The highest BCUT2D eigenvalue weighted by atomic mass is 32.2. The highest BCUT2D eigenvalue weighted by Gasteiger charge is 2.24. The number of nitro benzene ring substituents is 1. The molecule has 0 saturated heterocycles. The molecule has 2 aromatic rings. The molecule has 0 bridgehead atoms. The molecule has 1 N–H and O–H groups in total. The number of nitro groups is 1. The Morgan fingerprint density at radius 3 is 2.32 bits per heavy atom. The van der Waals surface area contributed by atoms with E-state index in [1.165, 1.54) is 42.3 Å². The molecule has 0 atom stereocenters. The second kappa shape index (κ2) is 9.65. The molecule has 2 aromatic carbocycles. The number of rotatable bonds is 7. The Kier molecular flexibility index (Phi) is 7.67. The van der Waals surface area contributed by atoms with Gasteiger partial charge in [0.05, 0.1) is 10.5 Å². The average Bonchev–Trinajstić information content (AvgIpc) is 2.61. The molecule has 31 heavy (non-hydrogen) atoms. The van der Waals surface area contributed by atoms with Gasteiger partial charge in [-0.2, -0.15) is 0 Å². The lowest BCUT2D eigenvalue weighted by molar-refractivity contribution is -0.385. The summed E-state index contributed by atoms with van der Waals surface area (Å²) in [5.74, 6) is -0.905. The number of esters is 1. The first-order chi connectivity index (χ1) is 14.2. The van der Waals surface area contributed by atoms with Crippen LogP contribution >= 0.6 is 11.9 Å². The fraction of sp³-hybridized carbons (Fsp3) is 0.409. The number of carbonyl (C=O) groups is 1. The van der Waals surface area contributed by atoms with Crippen molar-refractivity contribution in [2.75, 3.05) is 0 Å². The first kappa shape index (κ1) is 24.6. The summed E-state index contributed by atoms with van der Waals surface area (Å²) in [6.45, 7) is 11.5. The van der Waals surface area contributed by atoms with Gasteiger partial charge in [0.15, 0.2) is 0 Å². The summed E-state index contributed by atoms with van der Waals surface area (Å²) >= 11 is 1.48. The third-order valence-electron chi connectivity index (χ3n) is 3.67. The molecule has 9 heteroatoms. The molecule has 0 heterocycles. The van der Waals surface area contributed by atoms with Crippen molar-refractivity contribution in [3.63, 3.8) is 0 Å². The van der Waals surface area contributed by atoms with Crippen LogP contribution in [0.2, 0.25) is 0 Å². The summed E-state index contributed by atoms with van der Waals surface area (Å²) in [7, 11) is 0. The Bertz CT molecular complexity index is 967. The molecule has 7 nitrogen and oxygen atoms in total. The van der Waals surface area contributed by atoms with E-state index in [1.54, 1.807) is 20.8 Å². The Labute approximate surface area is 185 Å². The van der Waals surface area contributed by atoms with E-state index in [9.17, 15) is 19.3 Å². The van der Waals surface area contributed by atoms with Crippen molar-refractivity contribution >= 4 is 23.6 Å². The van der Waals surface area contributed by atoms with Crippen LogP contribution in [0, 0.1) is 15.9 Å². The molecule has 0 aliphatic carbocycles. The smallest absolute Gasteiger partial charge is 0.338 e. The van der Waals surface area contributed by atoms with E-state index in [0.29, 0.717) is 12.1 Å². The second-order valence-electron chi connectivity index (χ2n) is 8.83. The number of nitrogens with one attached hydrogen (secondary N) is 1. The Hall–Kier alpha value is -2.65. The quantitative estimate of drug-likeness (QED) is 0.239. The van der Waals surface area contributed by atoms with Crippen LogP contribution in [0.4, 0.5) is 10.1 Å². The fourth-order valence-electron chi connectivity index (χ4n) is 2.44. The average molecular weight is 451 g/mol. The second-order valence-corrected chi connectivity index (χ2v) is 10.5. The number of hydrogen-bond donors (Lipinski definition) is 1. The number of nitrogens with zero attached hydrogens (tertiary/aromatic N) is 1. The minimum absolute atomic E-state index is 0.0385. The van der Waals surface area contributed by atoms with E-state index in [0.717, 1.165) is 6.07 Å². The van der Waals surface area contributed by atoms with Gasteiger partial charge in [-0.15, -0.1) is 0 Å². The SMILES string of the molecule is CC(C)(C)OC(=O)c1ccc(Oc2ccc(F)cc2CNSC(C)(C)C)c([N+](=O)[O-])c1. The molecule has 0 amide bonds. The van der Waals surface area contributed by atoms with Gasteiger partial charge in [-0.3, -0.25) is 14.8 Å². The minimum atomic E-state index is -0.734. The lowest BCUT2D eigenvalue weighted by Crippen LogP contribution is -2.23. The largest absolute Gasteiger partial charge is 0.456 e. The number of ether oxygens (including phenoxy) is 2. The van der Waals surface area contributed by atoms with Crippen LogP contribution in [0.1, 0.15) is 57.5 Å². The van der Waals surface area contributed by atoms with E-state index < -0.39 is 28.0 Å². The van der Waals surface area contributed by atoms with Gasteiger partial charge >= 0.3 is 11.7 Å². The predicted octanol–water partition coefficient (Wildman–Crippen LogP) is 6.02. The highest BCUT2D eigenvalue weighted by Crippen LogP contribution is 2.35. The van der Waals surface area contributed by atoms with Crippen LogP contribution in [0.15, 0.2) is 36.4 Å². The summed E-state index contributed by atoms with van der Waals surface area (Å²) in [6, 6.07) is 7.79. The summed E-state index contributed by atoms with van der Waals surface area (Å²) in [6.07, 6.45) is 0. The molecule has 0 unspecified atom stereocenters. The van der Waals surface area contributed by atoms with Crippen LogP contribution in [-0.2, 0) is 11.3 Å². The van der Waals surface area contributed by atoms with E-state index in [2.05, 4.69) is 4.72 Å². The van der Waals surface area contributed by atoms with E-state index in [-0.39, 0.29) is 21.8 Å². The van der Waals surface area contributed by atoms with Crippen molar-refractivity contribution in [2.45, 2.75) is 58.4 Å². The number of carbonyl (C=O) groups excluding carboxylic acids is 1. The van der Waals surface area contributed by atoms with Gasteiger partial charge in [-0.1, -0.05) is 11.9 Å². The van der Waals surface area contributed by atoms with Gasteiger partial charge in [0.1, 0.15) is 17.2 Å². The highest BCUT2D eigenvalue weighted by molar-refractivity contribution is 7.98. The van der Waals surface area contributed by atoms with Crippen LogP contribution in [-0.4, -0.2) is 21.2 Å². The monoisotopic (exact) mass is 450 g/mol. The Morgan fingerprint density at radius 1 is 1.10 bits per heavy atom. The number of halogens is 1. The molecular weight excluding hydrogens is 423 g/mol. The molecule has 0 aliphatic rings. The van der Waals surface area contributed by atoms with Gasteiger partial charge in [-0.25, -0.2) is 9.18 Å². The van der Waals surface area contributed by atoms with Gasteiger partial charge in [0.25, 0.3) is 0 Å². The van der Waals surface area contributed by atoms with Crippen molar-refractivity contribution in [3.8, 4) is 11.5 Å².